The highest BCUT2D eigenvalue weighted by atomic mass is 16.1. The van der Waals surface area contributed by atoms with Crippen molar-refractivity contribution in [3.8, 4) is 0 Å². The zero-order valence-corrected chi connectivity index (χ0v) is 18.5. The topological polar surface area (TPSA) is 115 Å². The van der Waals surface area contributed by atoms with Crippen molar-refractivity contribution in [3.05, 3.63) is 91.7 Å². The number of rotatable bonds is 5. The minimum Gasteiger partial charge on any atom is -0.289 e. The number of Topliss-reactive ketones (excluding diaryl/α,β-unsaturated/α-hetero) is 1. The molecule has 2 aromatic rings. The summed E-state index contributed by atoms with van der Waals surface area (Å²) in [4.78, 5) is 19.3. The Labute approximate surface area is 193 Å². The zero-order valence-electron chi connectivity index (χ0n) is 18.5. The molecule has 2 aromatic carbocycles. The van der Waals surface area contributed by atoms with Crippen LogP contribution in [0.3, 0.4) is 0 Å². The Morgan fingerprint density at radius 2 is 1.30 bits per heavy atom. The first-order valence-corrected chi connectivity index (χ1v) is 11.4. The first-order chi connectivity index (χ1) is 16.2. The van der Waals surface area contributed by atoms with Crippen molar-refractivity contribution in [1.29, 1.82) is 0 Å². The Bertz CT molecular complexity index is 1160. The first kappa shape index (κ1) is 22.4. The third kappa shape index (κ3) is 5.53. The summed E-state index contributed by atoms with van der Waals surface area (Å²) in [6.07, 6.45) is 11.9. The predicted octanol–water partition coefficient (Wildman–Crippen LogP) is 8.60. The molecule has 2 aliphatic carbocycles. The van der Waals surface area contributed by atoms with E-state index in [0.29, 0.717) is 17.3 Å². The van der Waals surface area contributed by atoms with E-state index in [0.717, 1.165) is 35.1 Å². The molecule has 0 N–H and O–H groups in total. The van der Waals surface area contributed by atoms with Crippen LogP contribution < -0.4 is 0 Å². The van der Waals surface area contributed by atoms with Crippen molar-refractivity contribution in [3.63, 3.8) is 0 Å². The fraction of sp³-hybridized carbons (Fsp3) is 0.346. The molecule has 0 aromatic heterocycles. The lowest BCUT2D eigenvalue weighted by molar-refractivity contribution is -0.113. The Balaban J connectivity index is 1.66. The minimum atomic E-state index is 0.120. The van der Waals surface area contributed by atoms with Crippen LogP contribution in [0.25, 0.3) is 33.0 Å². The Hall–Kier alpha value is -3.79. The molecule has 2 aliphatic rings. The summed E-state index contributed by atoms with van der Waals surface area (Å²) in [7, 11) is 0. The second kappa shape index (κ2) is 10.7. The molecule has 166 valence electrons. The molecular weight excluding hydrogens is 412 g/mol. The van der Waals surface area contributed by atoms with E-state index < -0.39 is 0 Å². The van der Waals surface area contributed by atoms with E-state index in [-0.39, 0.29) is 11.7 Å². The van der Waals surface area contributed by atoms with Gasteiger partial charge in [-0.15, -0.1) is 0 Å². The van der Waals surface area contributed by atoms with E-state index in [9.17, 15) is 4.79 Å². The summed E-state index contributed by atoms with van der Waals surface area (Å²) < 4.78 is 0. The Morgan fingerprint density at radius 1 is 0.758 bits per heavy atom. The minimum absolute atomic E-state index is 0.120. The van der Waals surface area contributed by atoms with E-state index >= 15 is 0 Å². The van der Waals surface area contributed by atoms with Crippen molar-refractivity contribution >= 4 is 29.3 Å². The van der Waals surface area contributed by atoms with Crippen molar-refractivity contribution in [2.75, 3.05) is 0 Å². The van der Waals surface area contributed by atoms with Crippen LogP contribution >= 0.6 is 0 Å². The number of nitrogens with zero attached hydrogens (tertiary/aromatic N) is 6. The van der Waals surface area contributed by atoms with Gasteiger partial charge in [0.05, 0.1) is 0 Å². The normalized spacial score (nSPS) is 21.5. The molecule has 0 aliphatic heterocycles. The number of hydrogen-bond donors (Lipinski definition) is 0. The summed E-state index contributed by atoms with van der Waals surface area (Å²) in [5.74, 6) is 0.954. The highest BCUT2D eigenvalue weighted by Gasteiger charge is 2.34. The molecule has 1 atom stereocenters. The monoisotopic (exact) mass is 438 g/mol. The highest BCUT2D eigenvalue weighted by Crippen LogP contribution is 2.42. The number of hydrogen-bond acceptors (Lipinski definition) is 3. The second-order valence-electron chi connectivity index (χ2n) is 8.70. The summed E-state index contributed by atoms with van der Waals surface area (Å²) >= 11 is 0. The average molecular weight is 439 g/mol. The van der Waals surface area contributed by atoms with Gasteiger partial charge in [-0.25, -0.2) is 0 Å². The SMILES string of the molecule is [N-]=[N+]=Nc1ccc(/C=C2\CCC(C3CCCCC3)/C(=C\c3ccc(N=[N+]=[N-])cc3)C2=O)cc1. The van der Waals surface area contributed by atoms with E-state index in [4.69, 9.17) is 11.1 Å². The van der Waals surface area contributed by atoms with Crippen LogP contribution in [0.4, 0.5) is 11.4 Å². The van der Waals surface area contributed by atoms with E-state index in [1.165, 1.54) is 32.1 Å². The van der Waals surface area contributed by atoms with Crippen LogP contribution in [-0.4, -0.2) is 5.78 Å². The first-order valence-electron chi connectivity index (χ1n) is 11.4. The molecule has 4 rings (SSSR count). The largest absolute Gasteiger partial charge is 0.289 e. The lowest BCUT2D eigenvalue weighted by Crippen LogP contribution is -2.28. The van der Waals surface area contributed by atoms with Crippen LogP contribution in [0.5, 0.6) is 0 Å². The van der Waals surface area contributed by atoms with Gasteiger partial charge < -0.3 is 0 Å². The molecule has 2 saturated carbocycles. The second-order valence-corrected chi connectivity index (χ2v) is 8.70. The molecule has 0 amide bonds. The van der Waals surface area contributed by atoms with E-state index in [2.05, 4.69) is 20.1 Å². The Kier molecular flexibility index (Phi) is 7.26. The fourth-order valence-corrected chi connectivity index (χ4v) is 5.03. The van der Waals surface area contributed by atoms with Gasteiger partial charge in [-0.1, -0.05) is 78.0 Å². The maximum absolute atomic E-state index is 13.7. The van der Waals surface area contributed by atoms with Crippen molar-refractivity contribution in [2.45, 2.75) is 44.9 Å². The van der Waals surface area contributed by atoms with Gasteiger partial charge >= 0.3 is 0 Å². The molecule has 1 unspecified atom stereocenters. The summed E-state index contributed by atoms with van der Waals surface area (Å²) in [5.41, 5.74) is 21.9. The quantitative estimate of drug-likeness (QED) is 0.198. The zero-order chi connectivity index (χ0) is 23.0. The molecule has 33 heavy (non-hydrogen) atoms. The van der Waals surface area contributed by atoms with E-state index in [1.54, 1.807) is 24.3 Å². The molecule has 7 heteroatoms. The third-order valence-corrected chi connectivity index (χ3v) is 6.67. The summed E-state index contributed by atoms with van der Waals surface area (Å²) in [5, 5.41) is 7.24. The van der Waals surface area contributed by atoms with Crippen molar-refractivity contribution < 1.29 is 4.79 Å². The van der Waals surface area contributed by atoms with Gasteiger partial charge in [0.15, 0.2) is 5.78 Å². The standard InChI is InChI=1S/C26H26N6O/c27-31-29-22-11-6-18(7-12-22)16-21-10-15-24(20-4-2-1-3-5-20)25(26(21)33)17-19-8-13-23(14-9-19)30-32-28/h6-9,11-14,16-17,20,24H,1-5,10,15H2/b21-16+,25-17+. The number of carbonyl (C=O) groups is 1. The summed E-state index contributed by atoms with van der Waals surface area (Å²) in [6.45, 7) is 0. The van der Waals surface area contributed by atoms with Gasteiger partial charge in [0, 0.05) is 32.3 Å². The van der Waals surface area contributed by atoms with Gasteiger partial charge in [0.25, 0.3) is 0 Å². The van der Waals surface area contributed by atoms with Crippen LogP contribution in [0.1, 0.15) is 56.1 Å². The average Bonchev–Trinajstić information content (AvgIpc) is 2.85. The molecule has 7 nitrogen and oxygen atoms in total. The number of benzene rings is 2. The molecule has 0 bridgehead atoms. The number of allylic oxidation sites excluding steroid dienone is 2. The van der Waals surface area contributed by atoms with Crippen LogP contribution in [0, 0.1) is 11.8 Å². The summed E-state index contributed by atoms with van der Waals surface area (Å²) in [6, 6.07) is 14.6. The van der Waals surface area contributed by atoms with Gasteiger partial charge in [0.1, 0.15) is 0 Å². The molecule has 0 spiro atoms. The Morgan fingerprint density at radius 3 is 1.85 bits per heavy atom. The van der Waals surface area contributed by atoms with E-state index in [1.807, 2.05) is 36.4 Å². The maximum Gasteiger partial charge on any atom is 0.185 e. The van der Waals surface area contributed by atoms with Crippen molar-refractivity contribution in [1.82, 2.24) is 0 Å². The smallest absolute Gasteiger partial charge is 0.185 e. The molecule has 0 radical (unpaired) electrons. The number of azide groups is 2. The lowest BCUT2D eigenvalue weighted by Gasteiger charge is -2.35. The molecule has 0 heterocycles. The van der Waals surface area contributed by atoms with Gasteiger partial charge in [-0.3, -0.25) is 4.79 Å². The predicted molar refractivity (Wildman–Crippen MR) is 131 cm³/mol. The van der Waals surface area contributed by atoms with Crippen LogP contribution in [-0.2, 0) is 4.79 Å². The number of carbonyl (C=O) groups excluding carboxylic acids is 1. The van der Waals surface area contributed by atoms with Gasteiger partial charge in [-0.05, 0) is 71.9 Å². The molecular formula is C26H26N6O. The maximum atomic E-state index is 13.7. The van der Waals surface area contributed by atoms with Crippen molar-refractivity contribution in [2.24, 2.45) is 22.1 Å². The third-order valence-electron chi connectivity index (χ3n) is 6.67. The fourth-order valence-electron chi connectivity index (χ4n) is 5.03. The van der Waals surface area contributed by atoms with Crippen LogP contribution in [0.2, 0.25) is 0 Å². The van der Waals surface area contributed by atoms with Gasteiger partial charge in [0.2, 0.25) is 0 Å². The van der Waals surface area contributed by atoms with Gasteiger partial charge in [-0.2, -0.15) is 0 Å². The molecule has 2 fully saturated rings. The molecule has 0 saturated heterocycles. The number of ketones is 1. The van der Waals surface area contributed by atoms with Crippen LogP contribution in [0.15, 0.2) is 69.9 Å². The highest BCUT2D eigenvalue weighted by molar-refractivity contribution is 6.14. The lowest BCUT2D eigenvalue weighted by atomic mass is 9.69.